The predicted octanol–water partition coefficient (Wildman–Crippen LogP) is 5.91. The quantitative estimate of drug-likeness (QED) is 0.344. The lowest BCUT2D eigenvalue weighted by Gasteiger charge is -2.07. The van der Waals surface area contributed by atoms with Crippen LogP contribution in [0.15, 0.2) is 65.3 Å². The molecule has 2 aromatic carbocycles. The normalized spacial score (nSPS) is 12.0. The van der Waals surface area contributed by atoms with Gasteiger partial charge in [0.25, 0.3) is 0 Å². The highest BCUT2D eigenvalue weighted by molar-refractivity contribution is 5.91. The van der Waals surface area contributed by atoms with Gasteiger partial charge < -0.3 is 13.9 Å². The standard InChI is InChI=1S/C23H20F3NO4/c1-3-29-21(28)11-15(2)17-5-4-6-20(12-17)30-13-19-14-31-22(27-19)16-7-9-18(10-8-16)23(24,25)26/h4-12,14H,3,13H2,1-2H3/b15-11+. The first-order valence-corrected chi connectivity index (χ1v) is 9.46. The molecule has 1 aromatic heterocycles. The highest BCUT2D eigenvalue weighted by Gasteiger charge is 2.30. The van der Waals surface area contributed by atoms with Gasteiger partial charge in [-0.25, -0.2) is 9.78 Å². The SMILES string of the molecule is CCOC(=O)/C=C(\C)c1cccc(OCc2coc(-c3ccc(C(F)(F)F)cc3)n2)c1. The van der Waals surface area contributed by atoms with Crippen LogP contribution < -0.4 is 4.74 Å². The van der Waals surface area contributed by atoms with E-state index in [1.54, 1.807) is 32.0 Å². The molecule has 1 heterocycles. The third-order valence-corrected chi connectivity index (χ3v) is 4.31. The second-order valence-corrected chi connectivity index (χ2v) is 6.62. The fourth-order valence-corrected chi connectivity index (χ4v) is 2.74. The number of esters is 1. The summed E-state index contributed by atoms with van der Waals surface area (Å²) >= 11 is 0. The third kappa shape index (κ3) is 5.97. The fourth-order valence-electron chi connectivity index (χ4n) is 2.74. The van der Waals surface area contributed by atoms with E-state index in [1.165, 1.54) is 24.5 Å². The van der Waals surface area contributed by atoms with Crippen LogP contribution in [0.5, 0.6) is 5.75 Å². The Hall–Kier alpha value is -3.55. The van der Waals surface area contributed by atoms with Gasteiger partial charge in [0.1, 0.15) is 24.3 Å². The van der Waals surface area contributed by atoms with Crippen molar-refractivity contribution in [1.82, 2.24) is 4.98 Å². The molecule has 0 spiro atoms. The number of carbonyl (C=O) groups excluding carboxylic acids is 1. The Morgan fingerprint density at radius 3 is 2.58 bits per heavy atom. The van der Waals surface area contributed by atoms with Gasteiger partial charge in [-0.1, -0.05) is 12.1 Å². The van der Waals surface area contributed by atoms with Crippen LogP contribution in [0, 0.1) is 0 Å². The van der Waals surface area contributed by atoms with Crippen molar-refractivity contribution in [3.8, 4) is 17.2 Å². The number of rotatable bonds is 7. The van der Waals surface area contributed by atoms with Gasteiger partial charge in [-0.15, -0.1) is 0 Å². The second kappa shape index (κ2) is 9.51. The first-order chi connectivity index (χ1) is 14.8. The number of halogens is 3. The summed E-state index contributed by atoms with van der Waals surface area (Å²) in [7, 11) is 0. The number of hydrogen-bond donors (Lipinski definition) is 0. The molecule has 0 aliphatic rings. The smallest absolute Gasteiger partial charge is 0.416 e. The molecule has 3 aromatic rings. The van der Waals surface area contributed by atoms with Crippen molar-refractivity contribution in [1.29, 1.82) is 0 Å². The number of nitrogens with zero attached hydrogens (tertiary/aromatic N) is 1. The van der Waals surface area contributed by atoms with Crippen molar-refractivity contribution < 1.29 is 31.9 Å². The van der Waals surface area contributed by atoms with Crippen molar-refractivity contribution >= 4 is 11.5 Å². The van der Waals surface area contributed by atoms with E-state index in [1.807, 2.05) is 6.07 Å². The minimum atomic E-state index is -4.40. The predicted molar refractivity (Wildman–Crippen MR) is 108 cm³/mol. The summed E-state index contributed by atoms with van der Waals surface area (Å²) in [5.41, 5.74) is 1.71. The van der Waals surface area contributed by atoms with E-state index in [2.05, 4.69) is 4.98 Å². The minimum absolute atomic E-state index is 0.105. The van der Waals surface area contributed by atoms with Gasteiger partial charge in [0, 0.05) is 11.6 Å². The summed E-state index contributed by atoms with van der Waals surface area (Å²) in [5.74, 6) is 0.354. The van der Waals surface area contributed by atoms with E-state index in [0.717, 1.165) is 23.3 Å². The molecular formula is C23H20F3NO4. The van der Waals surface area contributed by atoms with Crippen LogP contribution in [0.3, 0.4) is 0 Å². The van der Waals surface area contributed by atoms with Crippen molar-refractivity contribution in [3.63, 3.8) is 0 Å². The molecule has 0 amide bonds. The van der Waals surface area contributed by atoms with Gasteiger partial charge in [0.05, 0.1) is 12.2 Å². The largest absolute Gasteiger partial charge is 0.487 e. The maximum absolute atomic E-state index is 12.7. The topological polar surface area (TPSA) is 61.6 Å². The molecule has 0 aliphatic carbocycles. The summed E-state index contributed by atoms with van der Waals surface area (Å²) < 4.78 is 54.0. The Bertz CT molecular complexity index is 1070. The number of ether oxygens (including phenoxy) is 2. The van der Waals surface area contributed by atoms with Gasteiger partial charge >= 0.3 is 12.1 Å². The van der Waals surface area contributed by atoms with Gasteiger partial charge in [-0.2, -0.15) is 13.2 Å². The summed E-state index contributed by atoms with van der Waals surface area (Å²) in [5, 5.41) is 0. The van der Waals surface area contributed by atoms with Gasteiger partial charge in [-0.3, -0.25) is 0 Å². The van der Waals surface area contributed by atoms with Gasteiger partial charge in [-0.05, 0) is 61.4 Å². The Labute approximate surface area is 177 Å². The zero-order valence-electron chi connectivity index (χ0n) is 16.9. The molecule has 0 bridgehead atoms. The average Bonchev–Trinajstić information content (AvgIpc) is 3.21. The highest BCUT2D eigenvalue weighted by Crippen LogP contribution is 2.31. The number of hydrogen-bond acceptors (Lipinski definition) is 5. The molecule has 5 nitrogen and oxygen atoms in total. The molecule has 0 fully saturated rings. The van der Waals surface area contributed by atoms with Crippen LogP contribution >= 0.6 is 0 Å². The molecular weight excluding hydrogens is 411 g/mol. The molecule has 0 atom stereocenters. The van der Waals surface area contributed by atoms with Crippen LogP contribution in [-0.2, 0) is 22.3 Å². The Kier molecular flexibility index (Phi) is 6.79. The van der Waals surface area contributed by atoms with E-state index in [4.69, 9.17) is 13.9 Å². The van der Waals surface area contributed by atoms with E-state index < -0.39 is 17.7 Å². The maximum atomic E-state index is 12.7. The van der Waals surface area contributed by atoms with Gasteiger partial charge in [0.2, 0.25) is 5.89 Å². The average molecular weight is 431 g/mol. The molecule has 0 N–H and O–H groups in total. The summed E-state index contributed by atoms with van der Waals surface area (Å²) in [6, 6.07) is 11.8. The molecule has 0 saturated carbocycles. The van der Waals surface area contributed by atoms with Crippen LogP contribution in [0.25, 0.3) is 17.0 Å². The van der Waals surface area contributed by atoms with E-state index in [9.17, 15) is 18.0 Å². The van der Waals surface area contributed by atoms with Gasteiger partial charge in [0.15, 0.2) is 0 Å². The molecule has 0 radical (unpaired) electrons. The van der Waals surface area contributed by atoms with E-state index in [0.29, 0.717) is 23.6 Å². The number of oxazole rings is 1. The Morgan fingerprint density at radius 1 is 1.16 bits per heavy atom. The van der Waals surface area contributed by atoms with Crippen molar-refractivity contribution in [2.24, 2.45) is 0 Å². The number of carbonyl (C=O) groups is 1. The second-order valence-electron chi connectivity index (χ2n) is 6.62. The van der Waals surface area contributed by atoms with E-state index in [-0.39, 0.29) is 12.5 Å². The van der Waals surface area contributed by atoms with Crippen LogP contribution in [0.1, 0.15) is 30.7 Å². The lowest BCUT2D eigenvalue weighted by molar-refractivity contribution is -0.138. The molecule has 0 aliphatic heterocycles. The Morgan fingerprint density at radius 2 is 1.90 bits per heavy atom. The van der Waals surface area contributed by atoms with Crippen LogP contribution in [-0.4, -0.2) is 17.6 Å². The molecule has 0 saturated heterocycles. The first kappa shape index (κ1) is 22.1. The summed E-state index contributed by atoms with van der Waals surface area (Å²) in [6.07, 6.45) is -1.59. The van der Waals surface area contributed by atoms with Crippen LogP contribution in [0.4, 0.5) is 13.2 Å². The zero-order chi connectivity index (χ0) is 22.4. The first-order valence-electron chi connectivity index (χ1n) is 9.46. The minimum Gasteiger partial charge on any atom is -0.487 e. The summed E-state index contributed by atoms with van der Waals surface area (Å²) in [4.78, 5) is 15.9. The maximum Gasteiger partial charge on any atom is 0.416 e. The lowest BCUT2D eigenvalue weighted by Crippen LogP contribution is -2.04. The van der Waals surface area contributed by atoms with Crippen molar-refractivity contribution in [2.45, 2.75) is 26.6 Å². The van der Waals surface area contributed by atoms with E-state index >= 15 is 0 Å². The van der Waals surface area contributed by atoms with Crippen molar-refractivity contribution in [2.75, 3.05) is 6.61 Å². The number of alkyl halides is 3. The highest BCUT2D eigenvalue weighted by atomic mass is 19.4. The zero-order valence-corrected chi connectivity index (χ0v) is 16.9. The molecule has 162 valence electrons. The number of benzene rings is 2. The Balaban J connectivity index is 1.65. The number of allylic oxidation sites excluding steroid dienone is 1. The molecule has 3 rings (SSSR count). The monoisotopic (exact) mass is 431 g/mol. The van der Waals surface area contributed by atoms with Crippen LogP contribution in [0.2, 0.25) is 0 Å². The third-order valence-electron chi connectivity index (χ3n) is 4.31. The lowest BCUT2D eigenvalue weighted by atomic mass is 10.1. The fraction of sp³-hybridized carbons (Fsp3) is 0.217. The summed E-state index contributed by atoms with van der Waals surface area (Å²) in [6.45, 7) is 3.94. The molecule has 0 unspecified atom stereocenters. The number of aromatic nitrogens is 1. The van der Waals surface area contributed by atoms with Crippen molar-refractivity contribution in [3.05, 3.63) is 77.7 Å². The molecule has 31 heavy (non-hydrogen) atoms. The molecule has 8 heteroatoms.